The van der Waals surface area contributed by atoms with Gasteiger partial charge in [0, 0.05) is 0 Å². The number of ether oxygens (including phenoxy) is 2. The zero-order chi connectivity index (χ0) is 19.5. The number of rotatable bonds is 4. The molecule has 0 aliphatic carbocycles. The van der Waals surface area contributed by atoms with Gasteiger partial charge < -0.3 is 9.47 Å². The van der Waals surface area contributed by atoms with Crippen LogP contribution in [0.1, 0.15) is 22.8 Å². The minimum Gasteiger partial charge on any atom is -0.462 e. The SMILES string of the molecule is CCOC(=O)c1cc(-c2cccc(OC(F)(F)F)c2)cc(C(F)(F)F)c1. The Labute approximate surface area is 144 Å². The monoisotopic (exact) mass is 378 g/mol. The first kappa shape index (κ1) is 19.6. The van der Waals surface area contributed by atoms with Gasteiger partial charge in [-0.05, 0) is 48.4 Å². The number of alkyl halides is 6. The second-order valence-corrected chi connectivity index (χ2v) is 5.09. The fourth-order valence-corrected chi connectivity index (χ4v) is 2.16. The molecule has 2 rings (SSSR count). The molecule has 0 N–H and O–H groups in total. The molecular formula is C17H12F6O3. The van der Waals surface area contributed by atoms with Gasteiger partial charge >= 0.3 is 18.5 Å². The summed E-state index contributed by atoms with van der Waals surface area (Å²) in [6, 6.07) is 6.90. The number of benzene rings is 2. The topological polar surface area (TPSA) is 35.5 Å². The minimum atomic E-state index is -4.94. The van der Waals surface area contributed by atoms with E-state index < -0.39 is 29.8 Å². The predicted molar refractivity (Wildman–Crippen MR) is 79.5 cm³/mol. The first-order valence-corrected chi connectivity index (χ1v) is 7.25. The van der Waals surface area contributed by atoms with Gasteiger partial charge in [0.2, 0.25) is 0 Å². The van der Waals surface area contributed by atoms with Crippen molar-refractivity contribution in [1.29, 1.82) is 0 Å². The number of carbonyl (C=O) groups excluding carboxylic acids is 1. The lowest BCUT2D eigenvalue weighted by atomic mass is 9.99. The Morgan fingerprint density at radius 3 is 2.23 bits per heavy atom. The molecule has 0 saturated heterocycles. The van der Waals surface area contributed by atoms with Crippen LogP contribution in [0.2, 0.25) is 0 Å². The van der Waals surface area contributed by atoms with Crippen LogP contribution in [0.5, 0.6) is 5.75 Å². The molecule has 0 aromatic heterocycles. The van der Waals surface area contributed by atoms with Crippen molar-refractivity contribution < 1.29 is 40.6 Å². The molecule has 2 aromatic carbocycles. The maximum Gasteiger partial charge on any atom is 0.573 e. The van der Waals surface area contributed by atoms with Crippen molar-refractivity contribution in [2.75, 3.05) is 6.61 Å². The molecule has 0 heterocycles. The third kappa shape index (κ3) is 5.14. The van der Waals surface area contributed by atoms with Crippen molar-refractivity contribution in [3.63, 3.8) is 0 Å². The molecule has 0 spiro atoms. The van der Waals surface area contributed by atoms with E-state index in [2.05, 4.69) is 4.74 Å². The smallest absolute Gasteiger partial charge is 0.462 e. The number of hydrogen-bond donors (Lipinski definition) is 0. The van der Waals surface area contributed by atoms with Gasteiger partial charge in [0.1, 0.15) is 5.75 Å². The van der Waals surface area contributed by atoms with Crippen molar-refractivity contribution in [1.82, 2.24) is 0 Å². The average molecular weight is 378 g/mol. The van der Waals surface area contributed by atoms with E-state index in [0.717, 1.165) is 24.3 Å². The van der Waals surface area contributed by atoms with E-state index >= 15 is 0 Å². The number of hydrogen-bond acceptors (Lipinski definition) is 3. The standard InChI is InChI=1S/C17H12F6O3/c1-2-25-15(24)12-6-11(7-13(8-12)16(18,19)20)10-4-3-5-14(9-10)26-17(21,22)23/h3-9H,2H2,1H3. The van der Waals surface area contributed by atoms with Gasteiger partial charge in [-0.2, -0.15) is 13.2 Å². The quantitative estimate of drug-likeness (QED) is 0.524. The first-order valence-electron chi connectivity index (χ1n) is 7.25. The lowest BCUT2D eigenvalue weighted by molar-refractivity contribution is -0.274. The van der Waals surface area contributed by atoms with Crippen molar-refractivity contribution >= 4 is 5.97 Å². The van der Waals surface area contributed by atoms with E-state index in [4.69, 9.17) is 4.74 Å². The summed E-state index contributed by atoms with van der Waals surface area (Å²) in [6.07, 6.45) is -9.69. The van der Waals surface area contributed by atoms with Crippen molar-refractivity contribution in [3.8, 4) is 16.9 Å². The molecule has 0 unspecified atom stereocenters. The zero-order valence-electron chi connectivity index (χ0n) is 13.2. The van der Waals surface area contributed by atoms with E-state index in [-0.39, 0.29) is 23.3 Å². The molecule has 0 bridgehead atoms. The molecule has 9 heteroatoms. The van der Waals surface area contributed by atoms with Gasteiger partial charge in [-0.25, -0.2) is 4.79 Å². The van der Waals surface area contributed by atoms with E-state index in [1.54, 1.807) is 0 Å². The van der Waals surface area contributed by atoms with E-state index in [1.807, 2.05) is 0 Å². The van der Waals surface area contributed by atoms with Crippen LogP contribution in [0, 0.1) is 0 Å². The van der Waals surface area contributed by atoms with Gasteiger partial charge in [-0.15, -0.1) is 13.2 Å². The summed E-state index contributed by atoms with van der Waals surface area (Å²) in [7, 11) is 0. The molecule has 0 aliphatic rings. The van der Waals surface area contributed by atoms with E-state index in [1.165, 1.54) is 19.1 Å². The lowest BCUT2D eigenvalue weighted by Crippen LogP contribution is -2.17. The van der Waals surface area contributed by atoms with Crippen LogP contribution in [0.4, 0.5) is 26.3 Å². The molecule has 0 amide bonds. The van der Waals surface area contributed by atoms with E-state index in [9.17, 15) is 31.1 Å². The van der Waals surface area contributed by atoms with Gasteiger partial charge in [0.15, 0.2) is 0 Å². The molecule has 0 radical (unpaired) electrons. The molecule has 0 atom stereocenters. The summed E-state index contributed by atoms with van der Waals surface area (Å²) in [5, 5.41) is 0. The molecule has 2 aromatic rings. The highest BCUT2D eigenvalue weighted by Gasteiger charge is 2.33. The second-order valence-electron chi connectivity index (χ2n) is 5.09. The summed E-state index contributed by atoms with van der Waals surface area (Å²) in [5.41, 5.74) is -1.57. The Balaban J connectivity index is 2.53. The molecule has 0 aliphatic heterocycles. The van der Waals surface area contributed by atoms with Gasteiger partial charge in [-0.1, -0.05) is 12.1 Å². The first-order chi connectivity index (χ1) is 12.0. The highest BCUT2D eigenvalue weighted by atomic mass is 19.4. The summed E-state index contributed by atoms with van der Waals surface area (Å²) < 4.78 is 84.7. The Morgan fingerprint density at radius 2 is 1.65 bits per heavy atom. The van der Waals surface area contributed by atoms with Crippen LogP contribution < -0.4 is 4.74 Å². The molecule has 140 valence electrons. The maximum absolute atomic E-state index is 13.1. The van der Waals surface area contributed by atoms with Crippen molar-refractivity contribution in [2.45, 2.75) is 19.5 Å². The molecule has 0 saturated carbocycles. The summed E-state index contributed by atoms with van der Waals surface area (Å²) >= 11 is 0. The second kappa shape index (κ2) is 7.27. The van der Waals surface area contributed by atoms with Gasteiger partial charge in [0.25, 0.3) is 0 Å². The van der Waals surface area contributed by atoms with Gasteiger partial charge in [0.05, 0.1) is 17.7 Å². The Hall–Kier alpha value is -2.71. The van der Waals surface area contributed by atoms with Crippen molar-refractivity contribution in [2.24, 2.45) is 0 Å². The number of carbonyl (C=O) groups is 1. The Kier molecular flexibility index (Phi) is 5.48. The van der Waals surface area contributed by atoms with Crippen molar-refractivity contribution in [3.05, 3.63) is 53.6 Å². The number of halogens is 6. The summed E-state index contributed by atoms with van der Waals surface area (Å²) in [6.45, 7) is 1.45. The average Bonchev–Trinajstić information content (AvgIpc) is 2.52. The van der Waals surface area contributed by atoms with Crippen LogP contribution in [0.3, 0.4) is 0 Å². The van der Waals surface area contributed by atoms with Gasteiger partial charge in [-0.3, -0.25) is 0 Å². The third-order valence-corrected chi connectivity index (χ3v) is 3.17. The zero-order valence-corrected chi connectivity index (χ0v) is 13.2. The fourth-order valence-electron chi connectivity index (χ4n) is 2.16. The third-order valence-electron chi connectivity index (χ3n) is 3.17. The highest BCUT2D eigenvalue weighted by molar-refractivity contribution is 5.91. The normalized spacial score (nSPS) is 12.0. The predicted octanol–water partition coefficient (Wildman–Crippen LogP) is 5.45. The van der Waals surface area contributed by atoms with Crippen LogP contribution in [0.15, 0.2) is 42.5 Å². The molecule has 26 heavy (non-hydrogen) atoms. The van der Waals surface area contributed by atoms with Crippen LogP contribution >= 0.6 is 0 Å². The fraction of sp³-hybridized carbons (Fsp3) is 0.235. The highest BCUT2D eigenvalue weighted by Crippen LogP contribution is 2.35. The van der Waals surface area contributed by atoms with Crippen LogP contribution in [-0.2, 0) is 10.9 Å². The number of esters is 1. The van der Waals surface area contributed by atoms with Crippen LogP contribution in [0.25, 0.3) is 11.1 Å². The van der Waals surface area contributed by atoms with Crippen LogP contribution in [-0.4, -0.2) is 18.9 Å². The summed E-state index contributed by atoms with van der Waals surface area (Å²) in [5.74, 6) is -1.56. The Bertz CT molecular complexity index is 796. The van der Waals surface area contributed by atoms with E-state index in [0.29, 0.717) is 6.07 Å². The minimum absolute atomic E-state index is 0.0170. The Morgan fingerprint density at radius 1 is 0.962 bits per heavy atom. The molecule has 3 nitrogen and oxygen atoms in total. The maximum atomic E-state index is 13.1. The largest absolute Gasteiger partial charge is 0.573 e. The summed E-state index contributed by atoms with van der Waals surface area (Å²) in [4.78, 5) is 11.8. The molecule has 0 fully saturated rings. The lowest BCUT2D eigenvalue weighted by Gasteiger charge is -2.13. The molecular weight excluding hydrogens is 366 g/mol.